The van der Waals surface area contributed by atoms with E-state index in [4.69, 9.17) is 0 Å². The Kier molecular flexibility index (Phi) is 6.04. The molecule has 1 atom stereocenters. The van der Waals surface area contributed by atoms with Crippen LogP contribution in [0.4, 0.5) is 11.4 Å². The molecule has 1 heterocycles. The Labute approximate surface area is 168 Å². The molecule has 3 rings (SSSR count). The molecule has 1 aliphatic heterocycles. The van der Waals surface area contributed by atoms with Crippen LogP contribution in [0.5, 0.6) is 0 Å². The Hall–Kier alpha value is -2.80. The summed E-state index contributed by atoms with van der Waals surface area (Å²) in [7, 11) is 0. The van der Waals surface area contributed by atoms with Crippen molar-refractivity contribution in [1.82, 2.24) is 4.90 Å². The summed E-state index contributed by atoms with van der Waals surface area (Å²) < 4.78 is 0. The minimum atomic E-state index is -0.275. The number of nitrogens with one attached hydrogen (secondary N) is 2. The fraction of sp³-hybridized carbons (Fsp3) is 0.286. The third kappa shape index (κ3) is 4.20. The van der Waals surface area contributed by atoms with Crippen LogP contribution in [-0.2, 0) is 4.79 Å². The normalized spacial score (nSPS) is 15.4. The zero-order valence-corrected chi connectivity index (χ0v) is 16.9. The smallest absolute Gasteiger partial charge is 0.255 e. The minimum absolute atomic E-state index is 0.0277. The van der Waals surface area contributed by atoms with Gasteiger partial charge in [-0.1, -0.05) is 0 Å². The summed E-state index contributed by atoms with van der Waals surface area (Å²) in [5.41, 5.74) is 2.30. The number of anilines is 2. The Morgan fingerprint density at radius 3 is 2.36 bits per heavy atom. The molecule has 0 unspecified atom stereocenters. The molecular weight excluding hydrogens is 374 g/mol. The Morgan fingerprint density at radius 1 is 1.07 bits per heavy atom. The summed E-state index contributed by atoms with van der Waals surface area (Å²) >= 11 is 1.47. The van der Waals surface area contributed by atoms with Gasteiger partial charge in [0.15, 0.2) is 0 Å². The van der Waals surface area contributed by atoms with Crippen LogP contribution in [0, 0.1) is 0 Å². The third-order valence-corrected chi connectivity index (χ3v) is 5.79. The van der Waals surface area contributed by atoms with Crippen molar-refractivity contribution < 1.29 is 14.4 Å². The second-order valence-corrected chi connectivity index (χ2v) is 7.85. The van der Waals surface area contributed by atoms with E-state index in [0.29, 0.717) is 35.6 Å². The van der Waals surface area contributed by atoms with E-state index < -0.39 is 0 Å². The molecule has 3 amide bonds. The summed E-state index contributed by atoms with van der Waals surface area (Å²) in [6, 6.07) is 12.1. The number of amides is 3. The van der Waals surface area contributed by atoms with Crippen molar-refractivity contribution in [3.05, 3.63) is 53.6 Å². The predicted octanol–water partition coefficient (Wildman–Crippen LogP) is 3.85. The lowest BCUT2D eigenvalue weighted by Gasteiger charge is -2.21. The fourth-order valence-electron chi connectivity index (χ4n) is 2.94. The highest BCUT2D eigenvalue weighted by Crippen LogP contribution is 2.36. The highest BCUT2D eigenvalue weighted by atomic mass is 32.2. The van der Waals surface area contributed by atoms with Gasteiger partial charge in [-0.15, -0.1) is 11.8 Å². The largest absolute Gasteiger partial charge is 0.339 e. The van der Waals surface area contributed by atoms with Crippen LogP contribution in [0.2, 0.25) is 0 Å². The topological polar surface area (TPSA) is 78.5 Å². The van der Waals surface area contributed by atoms with Gasteiger partial charge in [-0.25, -0.2) is 0 Å². The minimum Gasteiger partial charge on any atom is -0.339 e. The molecule has 0 saturated heterocycles. The zero-order chi connectivity index (χ0) is 20.3. The van der Waals surface area contributed by atoms with E-state index in [1.165, 1.54) is 11.8 Å². The molecule has 0 aliphatic carbocycles. The van der Waals surface area contributed by atoms with Crippen molar-refractivity contribution in [1.29, 1.82) is 0 Å². The number of benzene rings is 2. The summed E-state index contributed by atoms with van der Waals surface area (Å²) in [6.07, 6.45) is 0. The number of thioether (sulfide) groups is 1. The van der Waals surface area contributed by atoms with Crippen LogP contribution in [0.25, 0.3) is 0 Å². The first-order chi connectivity index (χ1) is 13.4. The Morgan fingerprint density at radius 2 is 1.71 bits per heavy atom. The van der Waals surface area contributed by atoms with Crippen molar-refractivity contribution in [3.63, 3.8) is 0 Å². The van der Waals surface area contributed by atoms with Crippen LogP contribution in [-0.4, -0.2) is 41.0 Å². The quantitative estimate of drug-likeness (QED) is 0.803. The van der Waals surface area contributed by atoms with Gasteiger partial charge in [-0.2, -0.15) is 0 Å². The standard InChI is InChI=1S/C21H23N3O3S/c1-4-24(5-2)21(27)14-6-9-16(10-7-14)22-20(26)15-8-11-18-17(12-15)23-19(25)13(3)28-18/h6-13H,4-5H2,1-3H3,(H,22,26)(H,23,25)/t13-/m0/s1. The molecule has 0 fully saturated rings. The lowest BCUT2D eigenvalue weighted by Crippen LogP contribution is -2.30. The van der Waals surface area contributed by atoms with Crippen molar-refractivity contribution in [2.45, 2.75) is 30.9 Å². The van der Waals surface area contributed by atoms with Gasteiger partial charge >= 0.3 is 0 Å². The first-order valence-electron chi connectivity index (χ1n) is 9.25. The molecule has 0 radical (unpaired) electrons. The zero-order valence-electron chi connectivity index (χ0n) is 16.1. The van der Waals surface area contributed by atoms with Crippen LogP contribution >= 0.6 is 11.8 Å². The molecule has 6 nitrogen and oxygen atoms in total. The van der Waals surface area contributed by atoms with E-state index in [1.54, 1.807) is 41.3 Å². The second kappa shape index (κ2) is 8.48. The van der Waals surface area contributed by atoms with Gasteiger partial charge in [0, 0.05) is 34.8 Å². The van der Waals surface area contributed by atoms with E-state index in [-0.39, 0.29) is 23.0 Å². The molecule has 0 aromatic heterocycles. The molecule has 0 bridgehead atoms. The SMILES string of the molecule is CCN(CC)C(=O)c1ccc(NC(=O)c2ccc3c(c2)NC(=O)[C@H](C)S3)cc1. The summed E-state index contributed by atoms with van der Waals surface area (Å²) in [5.74, 6) is -0.368. The number of carbonyl (C=O) groups excluding carboxylic acids is 3. The van der Waals surface area contributed by atoms with Crippen molar-refractivity contribution >= 4 is 40.9 Å². The summed E-state index contributed by atoms with van der Waals surface area (Å²) in [6.45, 7) is 7.03. The average Bonchev–Trinajstić information content (AvgIpc) is 2.70. The number of fused-ring (bicyclic) bond motifs is 1. The van der Waals surface area contributed by atoms with Crippen molar-refractivity contribution in [2.75, 3.05) is 23.7 Å². The van der Waals surface area contributed by atoms with E-state index in [9.17, 15) is 14.4 Å². The molecular formula is C21H23N3O3S. The average molecular weight is 398 g/mol. The Balaban J connectivity index is 1.71. The predicted molar refractivity (Wildman–Crippen MR) is 112 cm³/mol. The summed E-state index contributed by atoms with van der Waals surface area (Å²) in [4.78, 5) is 39.4. The maximum Gasteiger partial charge on any atom is 0.255 e. The fourth-order valence-corrected chi connectivity index (χ4v) is 3.87. The number of hydrogen-bond donors (Lipinski definition) is 2. The van der Waals surface area contributed by atoms with Gasteiger partial charge in [0.25, 0.3) is 11.8 Å². The van der Waals surface area contributed by atoms with Gasteiger partial charge < -0.3 is 15.5 Å². The van der Waals surface area contributed by atoms with Gasteiger partial charge in [-0.3, -0.25) is 14.4 Å². The second-order valence-electron chi connectivity index (χ2n) is 6.47. The van der Waals surface area contributed by atoms with Gasteiger partial charge in [0.2, 0.25) is 5.91 Å². The number of nitrogens with zero attached hydrogens (tertiary/aromatic N) is 1. The monoisotopic (exact) mass is 397 g/mol. The van der Waals surface area contributed by atoms with Gasteiger partial charge in [0.05, 0.1) is 10.9 Å². The molecule has 2 N–H and O–H groups in total. The van der Waals surface area contributed by atoms with Crippen LogP contribution in [0.15, 0.2) is 47.4 Å². The first kappa shape index (κ1) is 19.9. The molecule has 1 aliphatic rings. The highest BCUT2D eigenvalue weighted by molar-refractivity contribution is 8.00. The lowest BCUT2D eigenvalue weighted by atomic mass is 10.1. The third-order valence-electron chi connectivity index (χ3n) is 4.61. The van der Waals surface area contributed by atoms with Crippen LogP contribution in [0.3, 0.4) is 0 Å². The van der Waals surface area contributed by atoms with Crippen LogP contribution in [0.1, 0.15) is 41.5 Å². The maximum absolute atomic E-state index is 12.6. The van der Waals surface area contributed by atoms with E-state index in [0.717, 1.165) is 4.90 Å². The highest BCUT2D eigenvalue weighted by Gasteiger charge is 2.23. The molecule has 146 valence electrons. The molecule has 2 aromatic carbocycles. The number of rotatable bonds is 5. The van der Waals surface area contributed by atoms with Crippen LogP contribution < -0.4 is 10.6 Å². The van der Waals surface area contributed by atoms with Gasteiger partial charge in [-0.05, 0) is 63.2 Å². The Bertz CT molecular complexity index is 908. The van der Waals surface area contributed by atoms with Crippen molar-refractivity contribution in [2.24, 2.45) is 0 Å². The van der Waals surface area contributed by atoms with E-state index in [2.05, 4.69) is 10.6 Å². The molecule has 0 spiro atoms. The molecule has 7 heteroatoms. The first-order valence-corrected chi connectivity index (χ1v) is 10.1. The van der Waals surface area contributed by atoms with Crippen molar-refractivity contribution in [3.8, 4) is 0 Å². The molecule has 28 heavy (non-hydrogen) atoms. The molecule has 0 saturated carbocycles. The van der Waals surface area contributed by atoms with E-state index >= 15 is 0 Å². The molecule has 2 aromatic rings. The maximum atomic E-state index is 12.6. The lowest BCUT2D eigenvalue weighted by molar-refractivity contribution is -0.115. The number of hydrogen-bond acceptors (Lipinski definition) is 4. The van der Waals surface area contributed by atoms with Gasteiger partial charge in [0.1, 0.15) is 0 Å². The summed E-state index contributed by atoms with van der Waals surface area (Å²) in [5, 5.41) is 5.50. The van der Waals surface area contributed by atoms with E-state index in [1.807, 2.05) is 26.8 Å². The number of carbonyl (C=O) groups is 3.